The van der Waals surface area contributed by atoms with Gasteiger partial charge in [0, 0.05) is 44.6 Å². The molecule has 2 fully saturated rings. The first kappa shape index (κ1) is 20.9. The van der Waals surface area contributed by atoms with Crippen LogP contribution in [0.1, 0.15) is 16.8 Å². The van der Waals surface area contributed by atoms with E-state index in [-0.39, 0.29) is 29.3 Å². The number of aromatic nitrogens is 3. The van der Waals surface area contributed by atoms with Gasteiger partial charge in [-0.25, -0.2) is 17.5 Å². The van der Waals surface area contributed by atoms with Crippen LogP contribution in [0.25, 0.3) is 11.5 Å². The Balaban J connectivity index is 1.38. The summed E-state index contributed by atoms with van der Waals surface area (Å²) in [6.45, 7) is 2.36. The number of carbonyl (C=O) groups is 1. The molecule has 2 aliphatic rings. The Morgan fingerprint density at radius 2 is 1.72 bits per heavy atom. The summed E-state index contributed by atoms with van der Waals surface area (Å²) >= 11 is 0. The van der Waals surface area contributed by atoms with Crippen molar-refractivity contribution >= 4 is 15.7 Å². The van der Waals surface area contributed by atoms with Gasteiger partial charge < -0.3 is 9.47 Å². The molecule has 2 aliphatic heterocycles. The fourth-order valence-electron chi connectivity index (χ4n) is 4.51. The molecule has 8 nitrogen and oxygen atoms in total. The summed E-state index contributed by atoms with van der Waals surface area (Å²) in [6.07, 6.45) is 5.90. The van der Waals surface area contributed by atoms with Gasteiger partial charge in [0.05, 0.1) is 23.4 Å². The van der Waals surface area contributed by atoms with Crippen molar-refractivity contribution in [1.29, 1.82) is 0 Å². The van der Waals surface area contributed by atoms with E-state index in [0.717, 1.165) is 0 Å². The van der Waals surface area contributed by atoms with Crippen molar-refractivity contribution in [3.8, 4) is 11.5 Å². The second-order valence-corrected chi connectivity index (χ2v) is 10.5. The number of hydrogen-bond acceptors (Lipinski definition) is 5. The van der Waals surface area contributed by atoms with E-state index in [0.29, 0.717) is 49.7 Å². The van der Waals surface area contributed by atoms with Crippen molar-refractivity contribution in [2.45, 2.75) is 12.5 Å². The Morgan fingerprint density at radius 1 is 1.03 bits per heavy atom. The normalized spacial score (nSPS) is 21.2. The number of carbonyl (C=O) groups excluding carboxylic acids is 1. The zero-order valence-corrected chi connectivity index (χ0v) is 18.3. The number of halogens is 1. The van der Waals surface area contributed by atoms with Crippen LogP contribution in [0.3, 0.4) is 0 Å². The van der Waals surface area contributed by atoms with E-state index in [9.17, 15) is 17.6 Å². The van der Waals surface area contributed by atoms with Gasteiger partial charge in [-0.1, -0.05) is 0 Å². The van der Waals surface area contributed by atoms with E-state index < -0.39 is 9.84 Å². The Labute approximate surface area is 185 Å². The van der Waals surface area contributed by atoms with Crippen LogP contribution < -0.4 is 0 Å². The van der Waals surface area contributed by atoms with Crippen LogP contribution in [0.15, 0.2) is 55.0 Å². The van der Waals surface area contributed by atoms with Gasteiger partial charge in [0.15, 0.2) is 15.7 Å². The van der Waals surface area contributed by atoms with Crippen LogP contribution in [-0.2, 0) is 9.84 Å². The van der Waals surface area contributed by atoms with Gasteiger partial charge >= 0.3 is 0 Å². The fourth-order valence-corrected chi connectivity index (χ4v) is 6.27. The van der Waals surface area contributed by atoms with Gasteiger partial charge in [-0.05, 0) is 42.8 Å². The number of sulfone groups is 1. The second-order valence-electron chi connectivity index (χ2n) is 8.25. The minimum absolute atomic E-state index is 0.0499. The molecule has 1 atom stereocenters. The monoisotopic (exact) mass is 457 g/mol. The molecule has 0 N–H and O–H groups in total. The number of amides is 1. The average molecular weight is 458 g/mol. The van der Waals surface area contributed by atoms with Crippen molar-refractivity contribution in [2.24, 2.45) is 0 Å². The third-order valence-electron chi connectivity index (χ3n) is 6.22. The Bertz CT molecular complexity index is 1210. The van der Waals surface area contributed by atoms with E-state index >= 15 is 0 Å². The highest BCUT2D eigenvalue weighted by Gasteiger charge is 2.35. The molecular formula is C22H24FN5O3S. The SMILES string of the molecule is O=C(c1cnn(-c2ccc(F)cc2)c1-n1cccc1)N1CCN(C2CCS(=O)(=O)C2)CC1. The lowest BCUT2D eigenvalue weighted by molar-refractivity contribution is 0.0588. The van der Waals surface area contributed by atoms with Crippen LogP contribution >= 0.6 is 0 Å². The van der Waals surface area contributed by atoms with Crippen LogP contribution in [0.5, 0.6) is 0 Å². The summed E-state index contributed by atoms with van der Waals surface area (Å²) in [7, 11) is -2.93. The predicted molar refractivity (Wildman–Crippen MR) is 117 cm³/mol. The molecule has 1 unspecified atom stereocenters. The summed E-state index contributed by atoms with van der Waals surface area (Å²) in [4.78, 5) is 17.4. The predicted octanol–water partition coefficient (Wildman–Crippen LogP) is 1.75. The molecule has 3 aromatic rings. The number of piperazine rings is 1. The molecule has 0 radical (unpaired) electrons. The third-order valence-corrected chi connectivity index (χ3v) is 7.97. The molecule has 0 bridgehead atoms. The summed E-state index contributed by atoms with van der Waals surface area (Å²) < 4.78 is 40.5. The van der Waals surface area contributed by atoms with Crippen molar-refractivity contribution in [3.05, 3.63) is 66.4 Å². The molecule has 0 saturated carbocycles. The van der Waals surface area contributed by atoms with Gasteiger partial charge in [-0.15, -0.1) is 0 Å². The summed E-state index contributed by atoms with van der Waals surface area (Å²) in [5.74, 6) is 0.590. The van der Waals surface area contributed by atoms with Crippen LogP contribution in [0, 0.1) is 5.82 Å². The minimum Gasteiger partial charge on any atom is -0.336 e. The summed E-state index contributed by atoms with van der Waals surface area (Å²) in [6, 6.07) is 9.75. The van der Waals surface area contributed by atoms with E-state index in [1.54, 1.807) is 27.9 Å². The Hall–Kier alpha value is -2.98. The lowest BCUT2D eigenvalue weighted by atomic mass is 10.1. The third kappa shape index (κ3) is 3.95. The first-order valence-corrected chi connectivity index (χ1v) is 12.4. The number of benzene rings is 1. The molecular weight excluding hydrogens is 433 g/mol. The zero-order chi connectivity index (χ0) is 22.3. The average Bonchev–Trinajstić information content (AvgIpc) is 3.53. The van der Waals surface area contributed by atoms with Crippen molar-refractivity contribution < 1.29 is 17.6 Å². The van der Waals surface area contributed by atoms with E-state index in [2.05, 4.69) is 10.00 Å². The quantitative estimate of drug-likeness (QED) is 0.596. The first-order valence-electron chi connectivity index (χ1n) is 10.6. The molecule has 32 heavy (non-hydrogen) atoms. The van der Waals surface area contributed by atoms with Gasteiger partial charge in [-0.2, -0.15) is 5.10 Å². The van der Waals surface area contributed by atoms with Gasteiger partial charge in [-0.3, -0.25) is 9.69 Å². The Kier molecular flexibility index (Phi) is 5.34. The lowest BCUT2D eigenvalue weighted by Gasteiger charge is -2.37. The van der Waals surface area contributed by atoms with Gasteiger partial charge in [0.1, 0.15) is 11.4 Å². The highest BCUT2D eigenvalue weighted by molar-refractivity contribution is 7.91. The standard InChI is InChI=1S/C22H24FN5O3S/c23-17-3-5-18(6-4-17)28-21(26-8-1-2-9-26)20(15-24-28)22(29)27-12-10-25(11-13-27)19-7-14-32(30,31)16-19/h1-6,8-9,15,19H,7,10-14,16H2. The van der Waals surface area contributed by atoms with Crippen LogP contribution in [0.2, 0.25) is 0 Å². The molecule has 2 aromatic heterocycles. The molecule has 1 aromatic carbocycles. The second kappa shape index (κ2) is 8.18. The molecule has 0 aliphatic carbocycles. The number of rotatable bonds is 4. The molecule has 10 heteroatoms. The summed E-state index contributed by atoms with van der Waals surface area (Å²) in [5.41, 5.74) is 1.11. The van der Waals surface area contributed by atoms with Crippen molar-refractivity contribution in [3.63, 3.8) is 0 Å². The number of hydrogen-bond donors (Lipinski definition) is 0. The highest BCUT2D eigenvalue weighted by Crippen LogP contribution is 2.24. The number of nitrogens with zero attached hydrogens (tertiary/aromatic N) is 5. The van der Waals surface area contributed by atoms with Crippen molar-refractivity contribution in [1.82, 2.24) is 24.1 Å². The van der Waals surface area contributed by atoms with E-state index in [1.165, 1.54) is 12.1 Å². The molecule has 0 spiro atoms. The lowest BCUT2D eigenvalue weighted by Crippen LogP contribution is -2.52. The maximum atomic E-state index is 13.4. The first-order chi connectivity index (χ1) is 15.4. The fraction of sp³-hybridized carbons (Fsp3) is 0.364. The van der Waals surface area contributed by atoms with E-state index in [1.807, 2.05) is 29.1 Å². The van der Waals surface area contributed by atoms with Crippen LogP contribution in [0.4, 0.5) is 4.39 Å². The largest absolute Gasteiger partial charge is 0.336 e. The molecule has 4 heterocycles. The molecule has 2 saturated heterocycles. The highest BCUT2D eigenvalue weighted by atomic mass is 32.2. The summed E-state index contributed by atoms with van der Waals surface area (Å²) in [5, 5.41) is 4.43. The van der Waals surface area contributed by atoms with Crippen LogP contribution in [-0.4, -0.2) is 82.2 Å². The van der Waals surface area contributed by atoms with E-state index in [4.69, 9.17) is 0 Å². The van der Waals surface area contributed by atoms with Gasteiger partial charge in [0.2, 0.25) is 0 Å². The topological polar surface area (TPSA) is 80.4 Å². The molecule has 5 rings (SSSR count). The smallest absolute Gasteiger partial charge is 0.259 e. The maximum absolute atomic E-state index is 13.4. The van der Waals surface area contributed by atoms with Gasteiger partial charge in [0.25, 0.3) is 5.91 Å². The Morgan fingerprint density at radius 3 is 2.34 bits per heavy atom. The maximum Gasteiger partial charge on any atom is 0.259 e. The molecule has 1 amide bonds. The molecule has 168 valence electrons. The zero-order valence-electron chi connectivity index (χ0n) is 17.5. The minimum atomic E-state index is -2.93. The van der Waals surface area contributed by atoms with Crippen molar-refractivity contribution in [2.75, 3.05) is 37.7 Å².